The van der Waals surface area contributed by atoms with E-state index >= 15 is 0 Å². The Hall–Kier alpha value is -3.01. The van der Waals surface area contributed by atoms with Crippen LogP contribution in [-0.4, -0.2) is 17.4 Å². The number of carbonyl (C=O) groups is 2. The van der Waals surface area contributed by atoms with Gasteiger partial charge >= 0.3 is 0 Å². The normalized spacial score (nSPS) is 25.1. The molecule has 1 heterocycles. The summed E-state index contributed by atoms with van der Waals surface area (Å²) in [4.78, 5) is 26.6. The Bertz CT molecular complexity index is 928. The number of hydrazone groups is 1. The summed E-state index contributed by atoms with van der Waals surface area (Å²) in [5, 5.41) is 5.89. The highest BCUT2D eigenvalue weighted by Crippen LogP contribution is 2.48. The van der Waals surface area contributed by atoms with E-state index in [0.717, 1.165) is 11.1 Å². The molecule has 1 spiro atoms. The van der Waals surface area contributed by atoms with E-state index in [4.69, 9.17) is 0 Å². The number of para-hydroxylation sites is 1. The van der Waals surface area contributed by atoms with Crippen LogP contribution in [0.25, 0.3) is 0 Å². The van der Waals surface area contributed by atoms with Crippen LogP contribution in [0.3, 0.4) is 0 Å². The van der Waals surface area contributed by atoms with Crippen LogP contribution >= 0.6 is 0 Å². The SMILES string of the molecule is CC1=NN(c2ccccc2)C(=O)[C@@]12C(=O)C=CC[C@@H]2c1ccc(C)cc1. The van der Waals surface area contributed by atoms with Crippen LogP contribution in [-0.2, 0) is 9.59 Å². The smallest absolute Gasteiger partial charge is 0.267 e. The molecule has 0 radical (unpaired) electrons. The van der Waals surface area contributed by atoms with Crippen molar-refractivity contribution >= 4 is 23.1 Å². The van der Waals surface area contributed by atoms with Crippen molar-refractivity contribution in [3.05, 3.63) is 77.9 Å². The zero-order valence-corrected chi connectivity index (χ0v) is 14.8. The molecule has 4 rings (SSSR count). The predicted molar refractivity (Wildman–Crippen MR) is 102 cm³/mol. The number of anilines is 1. The molecule has 1 aliphatic heterocycles. The summed E-state index contributed by atoms with van der Waals surface area (Å²) in [6.45, 7) is 3.81. The van der Waals surface area contributed by atoms with Crippen LogP contribution in [0.1, 0.15) is 30.4 Å². The first-order chi connectivity index (χ1) is 12.5. The van der Waals surface area contributed by atoms with E-state index in [1.54, 1.807) is 6.92 Å². The minimum Gasteiger partial charge on any atom is -0.293 e. The van der Waals surface area contributed by atoms with Gasteiger partial charge in [-0.15, -0.1) is 0 Å². The van der Waals surface area contributed by atoms with Crippen LogP contribution in [0, 0.1) is 12.3 Å². The number of aryl methyl sites for hydroxylation is 1. The van der Waals surface area contributed by atoms with Crippen molar-refractivity contribution in [2.75, 3.05) is 5.01 Å². The topological polar surface area (TPSA) is 49.7 Å². The molecule has 130 valence electrons. The number of nitrogens with zero attached hydrogens (tertiary/aromatic N) is 2. The zero-order chi connectivity index (χ0) is 18.3. The van der Waals surface area contributed by atoms with Crippen molar-refractivity contribution in [1.29, 1.82) is 0 Å². The third-order valence-electron chi connectivity index (χ3n) is 5.38. The molecule has 4 nitrogen and oxygen atoms in total. The maximum Gasteiger partial charge on any atom is 0.267 e. The molecule has 2 aliphatic rings. The Kier molecular flexibility index (Phi) is 3.83. The summed E-state index contributed by atoms with van der Waals surface area (Å²) < 4.78 is 0. The fraction of sp³-hybridized carbons (Fsp3) is 0.227. The van der Waals surface area contributed by atoms with Crippen molar-refractivity contribution in [3.63, 3.8) is 0 Å². The van der Waals surface area contributed by atoms with Crippen molar-refractivity contribution in [2.45, 2.75) is 26.2 Å². The largest absolute Gasteiger partial charge is 0.293 e. The Morgan fingerprint density at radius 2 is 1.69 bits per heavy atom. The van der Waals surface area contributed by atoms with E-state index in [0.29, 0.717) is 17.8 Å². The lowest BCUT2D eigenvalue weighted by molar-refractivity contribution is -0.134. The van der Waals surface area contributed by atoms with Crippen LogP contribution in [0.2, 0.25) is 0 Å². The van der Waals surface area contributed by atoms with Gasteiger partial charge < -0.3 is 0 Å². The molecule has 2 aromatic rings. The first kappa shape index (κ1) is 16.5. The average Bonchev–Trinajstić information content (AvgIpc) is 2.91. The summed E-state index contributed by atoms with van der Waals surface area (Å²) >= 11 is 0. The second-order valence-electron chi connectivity index (χ2n) is 6.91. The molecule has 0 fully saturated rings. The van der Waals surface area contributed by atoms with Crippen molar-refractivity contribution in [2.24, 2.45) is 10.5 Å². The molecule has 0 bridgehead atoms. The van der Waals surface area contributed by atoms with Crippen LogP contribution in [0.4, 0.5) is 5.69 Å². The summed E-state index contributed by atoms with van der Waals surface area (Å²) in [7, 11) is 0. The van der Waals surface area contributed by atoms with Gasteiger partial charge in [0.25, 0.3) is 5.91 Å². The molecule has 2 atom stereocenters. The molecule has 0 saturated heterocycles. The van der Waals surface area contributed by atoms with Crippen LogP contribution < -0.4 is 5.01 Å². The Morgan fingerprint density at radius 3 is 2.38 bits per heavy atom. The van der Waals surface area contributed by atoms with E-state index in [9.17, 15) is 9.59 Å². The fourth-order valence-electron chi connectivity index (χ4n) is 4.00. The number of hydrogen-bond donors (Lipinski definition) is 0. The Balaban J connectivity index is 1.85. The number of allylic oxidation sites excluding steroid dienone is 2. The van der Waals surface area contributed by atoms with E-state index in [-0.39, 0.29) is 17.6 Å². The van der Waals surface area contributed by atoms with Gasteiger partial charge in [-0.05, 0) is 44.0 Å². The number of amides is 1. The van der Waals surface area contributed by atoms with E-state index in [1.165, 1.54) is 11.1 Å². The average molecular weight is 344 g/mol. The Morgan fingerprint density at radius 1 is 1.00 bits per heavy atom. The summed E-state index contributed by atoms with van der Waals surface area (Å²) in [6.07, 6.45) is 4.04. The Labute approximate surface area is 152 Å². The maximum absolute atomic E-state index is 13.5. The van der Waals surface area contributed by atoms with Crippen molar-refractivity contribution in [3.8, 4) is 0 Å². The second kappa shape index (κ2) is 6.06. The fourth-order valence-corrected chi connectivity index (χ4v) is 4.00. The monoisotopic (exact) mass is 344 g/mol. The highest BCUT2D eigenvalue weighted by Gasteiger charge is 2.60. The van der Waals surface area contributed by atoms with Gasteiger partial charge in [-0.1, -0.05) is 54.1 Å². The highest BCUT2D eigenvalue weighted by atomic mass is 16.2. The number of hydrogen-bond acceptors (Lipinski definition) is 3. The van der Waals surface area contributed by atoms with Crippen LogP contribution in [0.5, 0.6) is 0 Å². The molecule has 2 aromatic carbocycles. The molecule has 0 N–H and O–H groups in total. The van der Waals surface area contributed by atoms with Gasteiger partial charge in [-0.3, -0.25) is 9.59 Å². The highest BCUT2D eigenvalue weighted by molar-refractivity contribution is 6.34. The summed E-state index contributed by atoms with van der Waals surface area (Å²) in [5.41, 5.74) is 2.13. The molecular formula is C22H20N2O2. The maximum atomic E-state index is 13.5. The van der Waals surface area contributed by atoms with Crippen LogP contribution in [0.15, 0.2) is 71.9 Å². The van der Waals surface area contributed by atoms with Gasteiger partial charge in [0.1, 0.15) is 0 Å². The van der Waals surface area contributed by atoms with E-state index in [1.807, 2.05) is 67.6 Å². The lowest BCUT2D eigenvalue weighted by Crippen LogP contribution is -2.50. The number of benzene rings is 2. The number of carbonyl (C=O) groups excluding carboxylic acids is 2. The quantitative estimate of drug-likeness (QED) is 0.773. The lowest BCUT2D eigenvalue weighted by atomic mass is 9.62. The predicted octanol–water partition coefficient (Wildman–Crippen LogP) is 4.02. The molecule has 0 aromatic heterocycles. The van der Waals surface area contributed by atoms with E-state index in [2.05, 4.69) is 5.10 Å². The minimum absolute atomic E-state index is 0.181. The number of ketones is 1. The minimum atomic E-state index is -1.25. The zero-order valence-electron chi connectivity index (χ0n) is 14.8. The number of rotatable bonds is 2. The first-order valence-corrected chi connectivity index (χ1v) is 8.78. The third-order valence-corrected chi connectivity index (χ3v) is 5.38. The standard InChI is InChI=1S/C22H20N2O2/c1-15-11-13-17(14-12-15)19-9-6-10-20(25)22(19)16(2)23-24(21(22)26)18-7-4-3-5-8-18/h3-8,10-14,19H,9H2,1-2H3/t19-,22+/m1/s1. The molecule has 4 heteroatoms. The van der Waals surface area contributed by atoms with Gasteiger partial charge in [0.2, 0.25) is 0 Å². The molecule has 1 aliphatic carbocycles. The van der Waals surface area contributed by atoms with Gasteiger partial charge in [0.05, 0.1) is 11.4 Å². The van der Waals surface area contributed by atoms with Gasteiger partial charge in [0.15, 0.2) is 11.2 Å². The van der Waals surface area contributed by atoms with Gasteiger partial charge in [-0.2, -0.15) is 10.1 Å². The molecule has 0 unspecified atom stereocenters. The molecular weight excluding hydrogens is 324 g/mol. The second-order valence-corrected chi connectivity index (χ2v) is 6.91. The van der Waals surface area contributed by atoms with Gasteiger partial charge in [0, 0.05) is 5.92 Å². The lowest BCUT2D eigenvalue weighted by Gasteiger charge is -2.36. The third kappa shape index (κ3) is 2.25. The molecule has 26 heavy (non-hydrogen) atoms. The van der Waals surface area contributed by atoms with E-state index < -0.39 is 5.41 Å². The van der Waals surface area contributed by atoms with Crippen molar-refractivity contribution in [1.82, 2.24) is 0 Å². The first-order valence-electron chi connectivity index (χ1n) is 8.78. The summed E-state index contributed by atoms with van der Waals surface area (Å²) in [5.74, 6) is -0.689. The summed E-state index contributed by atoms with van der Waals surface area (Å²) in [6, 6.07) is 17.3. The van der Waals surface area contributed by atoms with Gasteiger partial charge in [-0.25, -0.2) is 0 Å². The molecule has 0 saturated carbocycles. The molecule has 1 amide bonds. The van der Waals surface area contributed by atoms with Crippen molar-refractivity contribution < 1.29 is 9.59 Å².